The van der Waals surface area contributed by atoms with Crippen LogP contribution in [0.5, 0.6) is 0 Å². The Morgan fingerprint density at radius 3 is 2.54 bits per heavy atom. The molecule has 3 saturated heterocycles. The van der Waals surface area contributed by atoms with Gasteiger partial charge in [0.1, 0.15) is 0 Å². The Balaban J connectivity index is 1.51. The maximum Gasteiger partial charge on any atom is 0.227 e. The molecule has 3 heterocycles. The van der Waals surface area contributed by atoms with Gasteiger partial charge in [0, 0.05) is 37.1 Å². The fourth-order valence-electron chi connectivity index (χ4n) is 4.32. The van der Waals surface area contributed by atoms with Gasteiger partial charge in [-0.1, -0.05) is 48.5 Å². The summed E-state index contributed by atoms with van der Waals surface area (Å²) in [5, 5.41) is 0. The van der Waals surface area contributed by atoms with Gasteiger partial charge in [-0.05, 0) is 36.3 Å². The number of carbonyl (C=O) groups excluding carboxylic acids is 1. The van der Waals surface area contributed by atoms with E-state index in [1.165, 1.54) is 16.0 Å². The highest BCUT2D eigenvalue weighted by molar-refractivity contribution is 7.98. The van der Waals surface area contributed by atoms with Crippen LogP contribution in [0.2, 0.25) is 0 Å². The number of benzene rings is 2. The Morgan fingerprint density at radius 2 is 1.73 bits per heavy atom. The van der Waals surface area contributed by atoms with Crippen LogP contribution < -0.4 is 0 Å². The van der Waals surface area contributed by atoms with Gasteiger partial charge in [-0.15, -0.1) is 11.8 Å². The zero-order valence-electron chi connectivity index (χ0n) is 15.3. The van der Waals surface area contributed by atoms with Crippen LogP contribution in [0.3, 0.4) is 0 Å². The minimum Gasteiger partial charge on any atom is -0.334 e. The highest BCUT2D eigenvalue weighted by Crippen LogP contribution is 2.32. The second-order valence-electron chi connectivity index (χ2n) is 7.39. The third-order valence-corrected chi connectivity index (χ3v) is 6.49. The molecule has 0 saturated carbocycles. The molecule has 0 aromatic heterocycles. The normalized spacial score (nSPS) is 23.3. The molecule has 2 aromatic rings. The lowest BCUT2D eigenvalue weighted by atomic mass is 9.93. The molecule has 0 radical (unpaired) electrons. The highest BCUT2D eigenvalue weighted by atomic mass is 32.2. The van der Waals surface area contributed by atoms with Crippen LogP contribution in [0, 0.1) is 5.92 Å². The van der Waals surface area contributed by atoms with Gasteiger partial charge < -0.3 is 4.90 Å². The molecule has 5 rings (SSSR count). The number of thioether (sulfide) groups is 1. The van der Waals surface area contributed by atoms with Gasteiger partial charge in [0.2, 0.25) is 5.91 Å². The topological polar surface area (TPSA) is 23.6 Å². The average Bonchev–Trinajstić information content (AvgIpc) is 2.95. The lowest BCUT2D eigenvalue weighted by molar-refractivity contribution is -0.140. The number of amides is 1. The van der Waals surface area contributed by atoms with Crippen molar-refractivity contribution in [3.05, 3.63) is 65.7 Å². The molecule has 0 aliphatic carbocycles. The van der Waals surface area contributed by atoms with Crippen molar-refractivity contribution in [2.24, 2.45) is 5.92 Å². The van der Waals surface area contributed by atoms with E-state index in [1.807, 2.05) is 6.07 Å². The highest BCUT2D eigenvalue weighted by Gasteiger charge is 2.40. The first-order valence-electron chi connectivity index (χ1n) is 9.43. The van der Waals surface area contributed by atoms with E-state index in [4.69, 9.17) is 0 Å². The summed E-state index contributed by atoms with van der Waals surface area (Å²) < 4.78 is 0. The summed E-state index contributed by atoms with van der Waals surface area (Å²) in [5.74, 6) is 0.504. The SMILES string of the molecule is CSc1ccccc1CN1C[C@@H]2CC[C@H](C1)N(Cc1ccccc1)C2=O. The Hall–Kier alpha value is -1.78. The van der Waals surface area contributed by atoms with Crippen LogP contribution in [-0.2, 0) is 17.9 Å². The third kappa shape index (κ3) is 3.67. The van der Waals surface area contributed by atoms with E-state index in [-0.39, 0.29) is 5.92 Å². The molecular formula is C22H26N2OS. The molecule has 2 bridgehead atoms. The summed E-state index contributed by atoms with van der Waals surface area (Å²) in [6.45, 7) is 3.56. The third-order valence-electron chi connectivity index (χ3n) is 5.65. The Bertz CT molecular complexity index is 764. The van der Waals surface area contributed by atoms with Crippen LogP contribution in [0.15, 0.2) is 59.5 Å². The Labute approximate surface area is 160 Å². The molecule has 3 nitrogen and oxygen atoms in total. The van der Waals surface area contributed by atoms with E-state index >= 15 is 0 Å². The lowest BCUT2D eigenvalue weighted by Gasteiger charge is -2.36. The van der Waals surface area contributed by atoms with Crippen LogP contribution >= 0.6 is 11.8 Å². The van der Waals surface area contributed by atoms with Crippen molar-refractivity contribution < 1.29 is 4.79 Å². The van der Waals surface area contributed by atoms with E-state index in [0.717, 1.165) is 39.0 Å². The monoisotopic (exact) mass is 366 g/mol. The minimum atomic E-state index is 0.152. The van der Waals surface area contributed by atoms with Gasteiger partial charge >= 0.3 is 0 Å². The maximum absolute atomic E-state index is 13.0. The number of rotatable bonds is 5. The van der Waals surface area contributed by atoms with Crippen LogP contribution in [0.1, 0.15) is 24.0 Å². The zero-order chi connectivity index (χ0) is 17.9. The summed E-state index contributed by atoms with van der Waals surface area (Å²) in [5.41, 5.74) is 2.61. The van der Waals surface area contributed by atoms with E-state index in [1.54, 1.807) is 11.8 Å². The largest absolute Gasteiger partial charge is 0.334 e. The van der Waals surface area contributed by atoms with Crippen molar-refractivity contribution in [1.82, 2.24) is 9.80 Å². The molecule has 1 amide bonds. The quantitative estimate of drug-likeness (QED) is 0.747. The zero-order valence-corrected chi connectivity index (χ0v) is 16.1. The van der Waals surface area contributed by atoms with E-state index in [9.17, 15) is 4.79 Å². The average molecular weight is 367 g/mol. The second kappa shape index (κ2) is 7.85. The van der Waals surface area contributed by atoms with Gasteiger partial charge in [0.25, 0.3) is 0 Å². The smallest absolute Gasteiger partial charge is 0.227 e. The molecule has 3 aliphatic heterocycles. The van der Waals surface area contributed by atoms with Gasteiger partial charge in [-0.25, -0.2) is 0 Å². The van der Waals surface area contributed by atoms with E-state index < -0.39 is 0 Å². The fraction of sp³-hybridized carbons (Fsp3) is 0.409. The number of nitrogens with zero attached hydrogens (tertiary/aromatic N) is 2. The molecule has 0 unspecified atom stereocenters. The summed E-state index contributed by atoms with van der Waals surface area (Å²) >= 11 is 1.81. The second-order valence-corrected chi connectivity index (χ2v) is 8.23. The molecule has 2 aromatic carbocycles. The van der Waals surface area contributed by atoms with Gasteiger partial charge in [0.15, 0.2) is 0 Å². The first-order valence-corrected chi connectivity index (χ1v) is 10.7. The number of carbonyl (C=O) groups is 1. The predicted molar refractivity (Wildman–Crippen MR) is 107 cm³/mol. The molecule has 3 fully saturated rings. The summed E-state index contributed by atoms with van der Waals surface area (Å²) in [7, 11) is 0. The first kappa shape index (κ1) is 17.6. The van der Waals surface area contributed by atoms with Crippen molar-refractivity contribution in [1.29, 1.82) is 0 Å². The van der Waals surface area contributed by atoms with Crippen molar-refractivity contribution in [2.45, 2.75) is 36.9 Å². The standard InChI is InChI=1S/C22H26N2OS/c1-26-21-10-6-5-9-18(21)14-23-15-19-11-12-20(16-23)24(22(19)25)13-17-7-3-2-4-8-17/h2-10,19-20H,11-16H2,1H3/t19-,20+/m0/s1. The predicted octanol–water partition coefficient (Wildman–Crippen LogP) is 4.03. The molecular weight excluding hydrogens is 340 g/mol. The van der Waals surface area contributed by atoms with E-state index in [0.29, 0.717) is 11.9 Å². The number of fused-ring (bicyclic) bond motifs is 4. The molecule has 136 valence electrons. The number of hydrogen-bond acceptors (Lipinski definition) is 3. The van der Waals surface area contributed by atoms with Gasteiger partial charge in [0.05, 0.1) is 5.92 Å². The Morgan fingerprint density at radius 1 is 0.962 bits per heavy atom. The minimum absolute atomic E-state index is 0.152. The van der Waals surface area contributed by atoms with Crippen molar-refractivity contribution in [3.8, 4) is 0 Å². The van der Waals surface area contributed by atoms with Gasteiger partial charge in [-0.2, -0.15) is 0 Å². The van der Waals surface area contributed by atoms with Crippen molar-refractivity contribution in [2.75, 3.05) is 19.3 Å². The molecule has 0 spiro atoms. The molecule has 26 heavy (non-hydrogen) atoms. The van der Waals surface area contributed by atoms with Gasteiger partial charge in [-0.3, -0.25) is 9.69 Å². The Kier molecular flexibility index (Phi) is 5.32. The van der Waals surface area contributed by atoms with Crippen LogP contribution in [-0.4, -0.2) is 41.1 Å². The van der Waals surface area contributed by atoms with E-state index in [2.05, 4.69) is 64.6 Å². The lowest BCUT2D eigenvalue weighted by Crippen LogP contribution is -2.47. The molecule has 2 atom stereocenters. The molecule has 3 aliphatic rings. The van der Waals surface area contributed by atoms with Crippen molar-refractivity contribution in [3.63, 3.8) is 0 Å². The molecule has 0 N–H and O–H groups in total. The van der Waals surface area contributed by atoms with Crippen molar-refractivity contribution >= 4 is 17.7 Å². The number of piperidine rings is 1. The summed E-state index contributed by atoms with van der Waals surface area (Å²) in [4.78, 5) is 19.0. The summed E-state index contributed by atoms with van der Waals surface area (Å²) in [6, 6.07) is 19.4. The first-order chi connectivity index (χ1) is 12.7. The van der Waals surface area contributed by atoms with Crippen LogP contribution in [0.4, 0.5) is 0 Å². The van der Waals surface area contributed by atoms with Crippen LogP contribution in [0.25, 0.3) is 0 Å². The fourth-order valence-corrected chi connectivity index (χ4v) is 4.93. The molecule has 4 heteroatoms. The maximum atomic E-state index is 13.0. The summed E-state index contributed by atoms with van der Waals surface area (Å²) in [6.07, 6.45) is 4.30. The number of hydrogen-bond donors (Lipinski definition) is 0.